The van der Waals surface area contributed by atoms with Crippen LogP contribution in [0.4, 0.5) is 0 Å². The number of benzene rings is 1. The Bertz CT molecular complexity index is 582. The second-order valence-electron chi connectivity index (χ2n) is 3.01. The molecule has 1 aromatic heterocycles. The number of hydrogen-bond donors (Lipinski definition) is 3. The SMILES string of the molecule is O=C(O)c1nn(-c2ccc(O)cc2)c(=O)[nH]1. The predicted molar refractivity (Wildman–Crippen MR) is 52.8 cm³/mol. The molecule has 0 fully saturated rings. The van der Waals surface area contributed by atoms with Crippen LogP contribution in [0.2, 0.25) is 0 Å². The van der Waals surface area contributed by atoms with E-state index >= 15 is 0 Å². The highest BCUT2D eigenvalue weighted by atomic mass is 16.4. The van der Waals surface area contributed by atoms with E-state index < -0.39 is 17.5 Å². The molecule has 0 unspecified atom stereocenters. The fraction of sp³-hybridized carbons (Fsp3) is 0. The number of H-pyrrole nitrogens is 1. The maximum Gasteiger partial charge on any atom is 0.373 e. The average molecular weight is 221 g/mol. The maximum atomic E-state index is 11.3. The van der Waals surface area contributed by atoms with E-state index in [-0.39, 0.29) is 5.75 Å². The Morgan fingerprint density at radius 1 is 1.31 bits per heavy atom. The molecule has 16 heavy (non-hydrogen) atoms. The Balaban J connectivity index is 2.52. The van der Waals surface area contributed by atoms with Crippen LogP contribution in [0.15, 0.2) is 29.1 Å². The fourth-order valence-electron chi connectivity index (χ4n) is 1.19. The number of rotatable bonds is 2. The van der Waals surface area contributed by atoms with Gasteiger partial charge in [-0.3, -0.25) is 4.98 Å². The monoisotopic (exact) mass is 221 g/mol. The summed E-state index contributed by atoms with van der Waals surface area (Å²) < 4.78 is 0.906. The van der Waals surface area contributed by atoms with Crippen LogP contribution in [-0.4, -0.2) is 30.9 Å². The summed E-state index contributed by atoms with van der Waals surface area (Å²) in [5.41, 5.74) is -0.283. The van der Waals surface area contributed by atoms with Gasteiger partial charge in [-0.05, 0) is 24.3 Å². The van der Waals surface area contributed by atoms with Crippen LogP contribution in [0.1, 0.15) is 10.6 Å². The van der Waals surface area contributed by atoms with Gasteiger partial charge in [-0.15, -0.1) is 5.10 Å². The standard InChI is InChI=1S/C9H7N3O4/c13-6-3-1-5(2-4-6)12-9(16)10-7(11-12)8(14)15/h1-4,13H,(H,14,15)(H,10,11,16). The zero-order valence-electron chi connectivity index (χ0n) is 7.91. The lowest BCUT2D eigenvalue weighted by molar-refractivity contribution is 0.0683. The van der Waals surface area contributed by atoms with E-state index in [9.17, 15) is 9.59 Å². The number of carboxylic acids is 1. The molecule has 0 aliphatic carbocycles. The quantitative estimate of drug-likeness (QED) is 0.659. The number of aromatic nitrogens is 3. The zero-order valence-corrected chi connectivity index (χ0v) is 7.91. The molecule has 0 amide bonds. The van der Waals surface area contributed by atoms with E-state index in [2.05, 4.69) is 10.1 Å². The van der Waals surface area contributed by atoms with Crippen molar-refractivity contribution >= 4 is 5.97 Å². The second kappa shape index (κ2) is 3.54. The highest BCUT2D eigenvalue weighted by molar-refractivity contribution is 5.82. The summed E-state index contributed by atoms with van der Waals surface area (Å²) >= 11 is 0. The van der Waals surface area contributed by atoms with E-state index in [4.69, 9.17) is 10.2 Å². The largest absolute Gasteiger partial charge is 0.508 e. The summed E-state index contributed by atoms with van der Waals surface area (Å²) in [6.07, 6.45) is 0. The zero-order chi connectivity index (χ0) is 11.7. The lowest BCUT2D eigenvalue weighted by Crippen LogP contribution is -2.15. The third-order valence-electron chi connectivity index (χ3n) is 1.91. The minimum absolute atomic E-state index is 0.0470. The lowest BCUT2D eigenvalue weighted by Gasteiger charge is -1.98. The number of carboxylic acid groups (broad SMARTS) is 1. The maximum absolute atomic E-state index is 11.3. The van der Waals surface area contributed by atoms with Crippen LogP contribution < -0.4 is 5.69 Å². The van der Waals surface area contributed by atoms with Gasteiger partial charge in [-0.25, -0.2) is 9.59 Å². The molecule has 0 aliphatic heterocycles. The average Bonchev–Trinajstić information content (AvgIpc) is 2.62. The Morgan fingerprint density at radius 2 is 1.94 bits per heavy atom. The molecule has 0 radical (unpaired) electrons. The van der Waals surface area contributed by atoms with E-state index in [0.717, 1.165) is 4.68 Å². The minimum atomic E-state index is -1.31. The molecule has 82 valence electrons. The first-order chi connectivity index (χ1) is 7.58. The molecule has 0 aliphatic rings. The summed E-state index contributed by atoms with van der Waals surface area (Å²) in [5, 5.41) is 21.3. The first kappa shape index (κ1) is 9.97. The van der Waals surface area contributed by atoms with Gasteiger partial charge in [0.05, 0.1) is 5.69 Å². The smallest absolute Gasteiger partial charge is 0.373 e. The molecule has 2 rings (SSSR count). The van der Waals surface area contributed by atoms with Gasteiger partial charge in [0.2, 0.25) is 5.82 Å². The second-order valence-corrected chi connectivity index (χ2v) is 3.01. The van der Waals surface area contributed by atoms with Gasteiger partial charge >= 0.3 is 11.7 Å². The van der Waals surface area contributed by atoms with Gasteiger partial charge in [0.25, 0.3) is 0 Å². The number of aromatic amines is 1. The summed E-state index contributed by atoms with van der Waals surface area (Å²) in [4.78, 5) is 24.0. The van der Waals surface area contributed by atoms with Crippen molar-refractivity contribution in [2.45, 2.75) is 0 Å². The Morgan fingerprint density at radius 3 is 2.44 bits per heavy atom. The van der Waals surface area contributed by atoms with Crippen molar-refractivity contribution in [1.29, 1.82) is 0 Å². The molecule has 0 saturated carbocycles. The van der Waals surface area contributed by atoms with Crippen molar-refractivity contribution < 1.29 is 15.0 Å². The molecule has 1 heterocycles. The molecule has 0 spiro atoms. The third kappa shape index (κ3) is 1.65. The number of aromatic hydroxyl groups is 1. The molecular formula is C9H7N3O4. The van der Waals surface area contributed by atoms with Crippen molar-refractivity contribution in [2.75, 3.05) is 0 Å². The highest BCUT2D eigenvalue weighted by Crippen LogP contribution is 2.11. The molecule has 7 heteroatoms. The van der Waals surface area contributed by atoms with Crippen molar-refractivity contribution in [1.82, 2.24) is 14.8 Å². The van der Waals surface area contributed by atoms with Crippen molar-refractivity contribution in [3.63, 3.8) is 0 Å². The highest BCUT2D eigenvalue weighted by Gasteiger charge is 2.12. The molecule has 2 aromatic rings. The summed E-state index contributed by atoms with van der Waals surface area (Å²) in [6.45, 7) is 0. The number of nitrogens with one attached hydrogen (secondary N) is 1. The Hall–Kier alpha value is -2.57. The number of phenolic OH excluding ortho intramolecular Hbond substituents is 1. The van der Waals surface area contributed by atoms with Crippen molar-refractivity contribution in [3.8, 4) is 11.4 Å². The van der Waals surface area contributed by atoms with E-state index in [1.807, 2.05) is 0 Å². The molecule has 0 bridgehead atoms. The van der Waals surface area contributed by atoms with Gasteiger partial charge < -0.3 is 10.2 Å². The molecular weight excluding hydrogens is 214 g/mol. The van der Waals surface area contributed by atoms with Gasteiger partial charge in [-0.2, -0.15) is 4.68 Å². The Labute approximate surface area is 88.6 Å². The fourth-order valence-corrected chi connectivity index (χ4v) is 1.19. The molecule has 0 atom stereocenters. The van der Waals surface area contributed by atoms with Crippen molar-refractivity contribution in [3.05, 3.63) is 40.6 Å². The van der Waals surface area contributed by atoms with Gasteiger partial charge in [0.15, 0.2) is 0 Å². The molecule has 0 saturated heterocycles. The number of phenols is 1. The van der Waals surface area contributed by atoms with Crippen LogP contribution in [0.3, 0.4) is 0 Å². The van der Waals surface area contributed by atoms with Crippen LogP contribution in [0, 0.1) is 0 Å². The van der Waals surface area contributed by atoms with E-state index in [0.29, 0.717) is 5.69 Å². The van der Waals surface area contributed by atoms with Gasteiger partial charge in [-0.1, -0.05) is 0 Å². The molecule has 1 aromatic carbocycles. The van der Waals surface area contributed by atoms with Crippen LogP contribution in [-0.2, 0) is 0 Å². The van der Waals surface area contributed by atoms with Crippen molar-refractivity contribution in [2.24, 2.45) is 0 Å². The number of carbonyl (C=O) groups is 1. The lowest BCUT2D eigenvalue weighted by atomic mass is 10.3. The first-order valence-electron chi connectivity index (χ1n) is 4.30. The van der Waals surface area contributed by atoms with Gasteiger partial charge in [0, 0.05) is 0 Å². The summed E-state index contributed by atoms with van der Waals surface area (Å²) in [5.74, 6) is -1.70. The minimum Gasteiger partial charge on any atom is -0.508 e. The molecule has 3 N–H and O–H groups in total. The molecule has 7 nitrogen and oxygen atoms in total. The van der Waals surface area contributed by atoms with E-state index in [1.165, 1.54) is 24.3 Å². The first-order valence-corrected chi connectivity index (χ1v) is 4.30. The number of aromatic carboxylic acids is 1. The number of nitrogens with zero attached hydrogens (tertiary/aromatic N) is 2. The van der Waals surface area contributed by atoms with Crippen LogP contribution in [0.5, 0.6) is 5.75 Å². The normalized spacial score (nSPS) is 10.2. The number of hydrogen-bond acceptors (Lipinski definition) is 4. The van der Waals surface area contributed by atoms with Crippen LogP contribution in [0.25, 0.3) is 5.69 Å². The van der Waals surface area contributed by atoms with E-state index in [1.54, 1.807) is 0 Å². The Kier molecular flexibility index (Phi) is 2.20. The predicted octanol–water partition coefficient (Wildman–Crippen LogP) is -0.0356. The third-order valence-corrected chi connectivity index (χ3v) is 1.91. The van der Waals surface area contributed by atoms with Crippen LogP contribution >= 0.6 is 0 Å². The van der Waals surface area contributed by atoms with Gasteiger partial charge in [0.1, 0.15) is 5.75 Å². The topological polar surface area (TPSA) is 108 Å². The summed E-state index contributed by atoms with van der Waals surface area (Å²) in [6, 6.07) is 5.64. The summed E-state index contributed by atoms with van der Waals surface area (Å²) in [7, 11) is 0.